The van der Waals surface area contributed by atoms with Gasteiger partial charge in [0.25, 0.3) is 0 Å². The normalized spacial score (nSPS) is 23.4. The molecule has 0 spiro atoms. The molecule has 0 bridgehead atoms. The summed E-state index contributed by atoms with van der Waals surface area (Å²) in [6.07, 6.45) is 6.76. The quantitative estimate of drug-likeness (QED) is 0.714. The van der Waals surface area contributed by atoms with Gasteiger partial charge in [-0.05, 0) is 48.9 Å². The molecular weight excluding hydrogens is 238 g/mol. The van der Waals surface area contributed by atoms with Gasteiger partial charge in [-0.2, -0.15) is 0 Å². The Morgan fingerprint density at radius 3 is 2.37 bits per heavy atom. The molecule has 19 heavy (non-hydrogen) atoms. The first-order chi connectivity index (χ1) is 9.19. The third-order valence-electron chi connectivity index (χ3n) is 4.35. The number of aromatic hydroxyl groups is 2. The second kappa shape index (κ2) is 6.80. The first-order valence-corrected chi connectivity index (χ1v) is 7.40. The van der Waals surface area contributed by atoms with Crippen molar-refractivity contribution in [1.29, 1.82) is 0 Å². The maximum atomic E-state index is 9.43. The van der Waals surface area contributed by atoms with E-state index in [2.05, 4.69) is 12.2 Å². The molecule has 1 aromatic carbocycles. The molecule has 1 fully saturated rings. The van der Waals surface area contributed by atoms with Crippen molar-refractivity contribution >= 4 is 0 Å². The van der Waals surface area contributed by atoms with Crippen molar-refractivity contribution in [2.75, 3.05) is 6.54 Å². The minimum atomic E-state index is -0.0540. The molecule has 3 heteroatoms. The molecule has 0 aromatic heterocycles. The highest BCUT2D eigenvalue weighted by molar-refractivity contribution is 5.40. The third-order valence-corrected chi connectivity index (χ3v) is 4.35. The van der Waals surface area contributed by atoms with Crippen LogP contribution in [0.25, 0.3) is 0 Å². The standard InChI is InChI=1S/C16H25NO2/c1-2-12-3-5-13(6-4-12)10-17-11-14-7-8-15(18)16(19)9-14/h7-9,12-13,17-19H,2-6,10-11H2,1H3. The molecule has 0 radical (unpaired) electrons. The van der Waals surface area contributed by atoms with Crippen molar-refractivity contribution in [1.82, 2.24) is 5.32 Å². The Bertz CT molecular complexity index is 398. The predicted molar refractivity (Wildman–Crippen MR) is 77.2 cm³/mol. The smallest absolute Gasteiger partial charge is 0.157 e. The summed E-state index contributed by atoms with van der Waals surface area (Å²) in [6, 6.07) is 5.01. The average Bonchev–Trinajstić information content (AvgIpc) is 2.43. The number of benzene rings is 1. The average molecular weight is 263 g/mol. The number of phenolic OH excluding ortho intramolecular Hbond substituents is 2. The van der Waals surface area contributed by atoms with Gasteiger partial charge >= 0.3 is 0 Å². The van der Waals surface area contributed by atoms with Gasteiger partial charge in [-0.1, -0.05) is 32.3 Å². The Morgan fingerprint density at radius 1 is 1.05 bits per heavy atom. The van der Waals surface area contributed by atoms with Crippen molar-refractivity contribution in [2.45, 2.75) is 45.6 Å². The molecule has 2 rings (SSSR count). The summed E-state index contributed by atoms with van der Waals surface area (Å²) < 4.78 is 0. The lowest BCUT2D eigenvalue weighted by Gasteiger charge is -2.27. The number of phenols is 2. The number of rotatable bonds is 5. The lowest BCUT2D eigenvalue weighted by atomic mass is 9.81. The molecular formula is C16H25NO2. The van der Waals surface area contributed by atoms with Gasteiger partial charge in [-0.3, -0.25) is 0 Å². The highest BCUT2D eigenvalue weighted by atomic mass is 16.3. The molecule has 0 heterocycles. The molecule has 0 unspecified atom stereocenters. The summed E-state index contributed by atoms with van der Waals surface area (Å²) in [7, 11) is 0. The van der Waals surface area contributed by atoms with Gasteiger partial charge in [0.05, 0.1) is 0 Å². The van der Waals surface area contributed by atoms with Crippen molar-refractivity contribution in [2.24, 2.45) is 11.8 Å². The molecule has 0 atom stereocenters. The highest BCUT2D eigenvalue weighted by Crippen LogP contribution is 2.30. The van der Waals surface area contributed by atoms with Crippen LogP contribution in [-0.2, 0) is 6.54 Å². The van der Waals surface area contributed by atoms with Crippen LogP contribution >= 0.6 is 0 Å². The Balaban J connectivity index is 1.70. The SMILES string of the molecule is CCC1CCC(CNCc2ccc(O)c(O)c2)CC1. The van der Waals surface area contributed by atoms with Crippen molar-refractivity contribution in [3.63, 3.8) is 0 Å². The van der Waals surface area contributed by atoms with Gasteiger partial charge in [0.2, 0.25) is 0 Å². The van der Waals surface area contributed by atoms with Gasteiger partial charge in [0.1, 0.15) is 0 Å². The Hall–Kier alpha value is -1.22. The molecule has 1 aliphatic carbocycles. The van der Waals surface area contributed by atoms with E-state index in [1.54, 1.807) is 12.1 Å². The lowest BCUT2D eigenvalue weighted by Crippen LogP contribution is -2.26. The largest absolute Gasteiger partial charge is 0.504 e. The van der Waals surface area contributed by atoms with Crippen LogP contribution in [0.1, 0.15) is 44.6 Å². The first kappa shape index (κ1) is 14.2. The molecule has 1 saturated carbocycles. The van der Waals surface area contributed by atoms with E-state index in [9.17, 15) is 10.2 Å². The maximum Gasteiger partial charge on any atom is 0.157 e. The molecule has 1 aromatic rings. The summed E-state index contributed by atoms with van der Waals surface area (Å²) in [5.74, 6) is 1.66. The van der Waals surface area contributed by atoms with E-state index in [1.165, 1.54) is 32.1 Å². The number of hydrogen-bond donors (Lipinski definition) is 3. The number of nitrogens with one attached hydrogen (secondary N) is 1. The van der Waals surface area contributed by atoms with E-state index < -0.39 is 0 Å². The molecule has 3 N–H and O–H groups in total. The fourth-order valence-electron chi connectivity index (χ4n) is 2.94. The molecule has 1 aliphatic rings. The first-order valence-electron chi connectivity index (χ1n) is 7.40. The zero-order chi connectivity index (χ0) is 13.7. The molecule has 3 nitrogen and oxygen atoms in total. The monoisotopic (exact) mass is 263 g/mol. The van der Waals surface area contributed by atoms with Crippen molar-refractivity contribution < 1.29 is 10.2 Å². The van der Waals surface area contributed by atoms with Crippen LogP contribution in [-0.4, -0.2) is 16.8 Å². The van der Waals surface area contributed by atoms with E-state index in [-0.39, 0.29) is 11.5 Å². The van der Waals surface area contributed by atoms with Crippen LogP contribution in [0.3, 0.4) is 0 Å². The lowest BCUT2D eigenvalue weighted by molar-refractivity contribution is 0.262. The van der Waals surface area contributed by atoms with E-state index in [0.717, 1.165) is 30.5 Å². The van der Waals surface area contributed by atoms with Crippen LogP contribution < -0.4 is 5.32 Å². The zero-order valence-electron chi connectivity index (χ0n) is 11.7. The number of hydrogen-bond acceptors (Lipinski definition) is 3. The molecule has 0 amide bonds. The van der Waals surface area contributed by atoms with Crippen LogP contribution in [0.2, 0.25) is 0 Å². The molecule has 106 valence electrons. The Morgan fingerprint density at radius 2 is 1.74 bits per heavy atom. The Labute approximate surface area is 115 Å². The maximum absolute atomic E-state index is 9.43. The van der Waals surface area contributed by atoms with E-state index in [1.807, 2.05) is 6.07 Å². The summed E-state index contributed by atoms with van der Waals surface area (Å²) in [5.41, 5.74) is 1.01. The predicted octanol–water partition coefficient (Wildman–Crippen LogP) is 3.40. The van der Waals surface area contributed by atoms with Gasteiger partial charge in [-0.15, -0.1) is 0 Å². The van der Waals surface area contributed by atoms with Gasteiger partial charge in [0, 0.05) is 6.54 Å². The van der Waals surface area contributed by atoms with Crippen molar-refractivity contribution in [3.8, 4) is 11.5 Å². The van der Waals surface area contributed by atoms with Crippen LogP contribution in [0, 0.1) is 11.8 Å². The molecule has 0 saturated heterocycles. The van der Waals surface area contributed by atoms with Crippen LogP contribution in [0.5, 0.6) is 11.5 Å². The topological polar surface area (TPSA) is 52.5 Å². The molecule has 0 aliphatic heterocycles. The summed E-state index contributed by atoms with van der Waals surface area (Å²) in [5, 5.41) is 22.1. The van der Waals surface area contributed by atoms with E-state index in [4.69, 9.17) is 0 Å². The van der Waals surface area contributed by atoms with Crippen LogP contribution in [0.15, 0.2) is 18.2 Å². The zero-order valence-corrected chi connectivity index (χ0v) is 11.7. The van der Waals surface area contributed by atoms with E-state index >= 15 is 0 Å². The minimum Gasteiger partial charge on any atom is -0.504 e. The summed E-state index contributed by atoms with van der Waals surface area (Å²) in [4.78, 5) is 0. The second-order valence-electron chi connectivity index (χ2n) is 5.75. The second-order valence-corrected chi connectivity index (χ2v) is 5.75. The van der Waals surface area contributed by atoms with Gasteiger partial charge < -0.3 is 15.5 Å². The van der Waals surface area contributed by atoms with Gasteiger partial charge in [0.15, 0.2) is 11.5 Å². The van der Waals surface area contributed by atoms with Crippen LogP contribution in [0.4, 0.5) is 0 Å². The fraction of sp³-hybridized carbons (Fsp3) is 0.625. The minimum absolute atomic E-state index is 0.0391. The third kappa shape index (κ3) is 4.13. The highest BCUT2D eigenvalue weighted by Gasteiger charge is 2.19. The van der Waals surface area contributed by atoms with Gasteiger partial charge in [-0.25, -0.2) is 0 Å². The van der Waals surface area contributed by atoms with E-state index in [0.29, 0.717) is 0 Å². The fourth-order valence-corrected chi connectivity index (χ4v) is 2.94. The Kier molecular flexibility index (Phi) is 5.08. The summed E-state index contributed by atoms with van der Waals surface area (Å²) >= 11 is 0. The van der Waals surface area contributed by atoms with Crippen molar-refractivity contribution in [3.05, 3.63) is 23.8 Å². The summed E-state index contributed by atoms with van der Waals surface area (Å²) in [6.45, 7) is 4.10.